The van der Waals surface area contributed by atoms with Crippen LogP contribution < -0.4 is 20.5 Å². The van der Waals surface area contributed by atoms with Crippen LogP contribution in [0.25, 0.3) is 10.8 Å². The van der Waals surface area contributed by atoms with E-state index in [1.54, 1.807) is 54.6 Å². The molecule has 0 fully saturated rings. The lowest BCUT2D eigenvalue weighted by atomic mass is 10.0. The van der Waals surface area contributed by atoms with E-state index in [1.807, 2.05) is 13.0 Å². The molecule has 0 unspecified atom stereocenters. The molecular weight excluding hydrogens is 460 g/mol. The van der Waals surface area contributed by atoms with Gasteiger partial charge in [-0.1, -0.05) is 36.4 Å². The Hall–Kier alpha value is -4.92. The third-order valence-electron chi connectivity index (χ3n) is 5.40. The number of phenols is 1. The normalized spacial score (nSPS) is 10.9. The molecule has 0 saturated heterocycles. The second kappa shape index (κ2) is 10.6. The molecule has 9 heteroatoms. The summed E-state index contributed by atoms with van der Waals surface area (Å²) in [7, 11) is 1.45. The Kier molecular flexibility index (Phi) is 7.10. The van der Waals surface area contributed by atoms with E-state index >= 15 is 0 Å². The van der Waals surface area contributed by atoms with Crippen LogP contribution in [-0.4, -0.2) is 30.6 Å². The molecule has 9 nitrogen and oxygen atoms in total. The van der Waals surface area contributed by atoms with Crippen molar-refractivity contribution in [1.82, 2.24) is 0 Å². The van der Waals surface area contributed by atoms with E-state index in [-0.39, 0.29) is 28.3 Å². The summed E-state index contributed by atoms with van der Waals surface area (Å²) in [4.78, 5) is 24.8. The number of para-hydroxylation sites is 2. The van der Waals surface area contributed by atoms with Crippen LogP contribution in [0.5, 0.6) is 17.2 Å². The molecule has 0 aliphatic carbocycles. The zero-order valence-corrected chi connectivity index (χ0v) is 19.7. The van der Waals surface area contributed by atoms with E-state index in [0.717, 1.165) is 0 Å². The summed E-state index contributed by atoms with van der Waals surface area (Å²) in [6.07, 6.45) is 0. The van der Waals surface area contributed by atoms with Crippen LogP contribution in [0, 0.1) is 0 Å². The van der Waals surface area contributed by atoms with Crippen molar-refractivity contribution in [2.24, 2.45) is 16.0 Å². The van der Waals surface area contributed by atoms with E-state index in [0.29, 0.717) is 34.6 Å². The van der Waals surface area contributed by atoms with Crippen molar-refractivity contribution in [2.75, 3.05) is 19.0 Å². The number of primary amides is 1. The van der Waals surface area contributed by atoms with Crippen LogP contribution in [-0.2, 0) is 0 Å². The number of aromatic hydroxyl groups is 1. The third kappa shape index (κ3) is 4.95. The average Bonchev–Trinajstić information content (AvgIpc) is 2.88. The first-order valence-corrected chi connectivity index (χ1v) is 11.1. The highest BCUT2D eigenvalue weighted by molar-refractivity contribution is 6.12. The molecule has 0 atom stereocenters. The maximum Gasteiger partial charge on any atom is 0.259 e. The average molecular weight is 485 g/mol. The number of nitrogens with one attached hydrogen (secondary N) is 1. The van der Waals surface area contributed by atoms with Gasteiger partial charge in [-0.3, -0.25) is 9.59 Å². The quantitative estimate of drug-likeness (QED) is 0.275. The van der Waals surface area contributed by atoms with Gasteiger partial charge in [0.05, 0.1) is 25.0 Å². The van der Waals surface area contributed by atoms with Gasteiger partial charge in [-0.15, -0.1) is 10.2 Å². The molecule has 4 aromatic rings. The number of phenolic OH excluding ortho intramolecular Hbond substituents is 1. The fourth-order valence-corrected chi connectivity index (χ4v) is 3.66. The Morgan fingerprint density at radius 1 is 0.972 bits per heavy atom. The number of benzene rings is 4. The molecule has 0 bridgehead atoms. The van der Waals surface area contributed by atoms with Crippen LogP contribution in [0.4, 0.5) is 17.1 Å². The summed E-state index contributed by atoms with van der Waals surface area (Å²) in [5, 5.41) is 23.6. The summed E-state index contributed by atoms with van der Waals surface area (Å²) in [6, 6.07) is 20.2. The van der Waals surface area contributed by atoms with Crippen LogP contribution in [0.1, 0.15) is 27.6 Å². The topological polar surface area (TPSA) is 136 Å². The molecule has 4 rings (SSSR count). The molecule has 0 aromatic heterocycles. The van der Waals surface area contributed by atoms with Gasteiger partial charge in [0.2, 0.25) is 5.91 Å². The number of anilines is 1. The number of nitrogens with zero attached hydrogens (tertiary/aromatic N) is 2. The standard InChI is InChI=1S/C27H24N4O5/c1-3-36-23-11-7-6-10-20(23)29-27(34)19-14-16-8-4-5-9-18(16)24(25(19)32)31-30-21-15-17(26(28)33)12-13-22(21)35-2/h4-15,32H,3H2,1-2H3,(H2,28,33)(H,29,34). The molecule has 0 aliphatic rings. The lowest BCUT2D eigenvalue weighted by molar-refractivity contribution is 0.0997. The maximum atomic E-state index is 13.2. The van der Waals surface area contributed by atoms with Crippen molar-refractivity contribution in [3.63, 3.8) is 0 Å². The maximum absolute atomic E-state index is 13.2. The van der Waals surface area contributed by atoms with Crippen molar-refractivity contribution in [1.29, 1.82) is 0 Å². The lowest BCUT2D eigenvalue weighted by Gasteiger charge is -2.13. The number of hydrogen-bond donors (Lipinski definition) is 3. The second-order valence-electron chi connectivity index (χ2n) is 7.68. The van der Waals surface area contributed by atoms with Crippen LogP contribution in [0.15, 0.2) is 83.0 Å². The van der Waals surface area contributed by atoms with E-state index < -0.39 is 11.8 Å². The molecule has 4 N–H and O–H groups in total. The summed E-state index contributed by atoms with van der Waals surface area (Å²) < 4.78 is 10.9. The van der Waals surface area contributed by atoms with E-state index in [1.165, 1.54) is 19.2 Å². The number of methoxy groups -OCH3 is 1. The summed E-state index contributed by atoms with van der Waals surface area (Å²) >= 11 is 0. The number of carbonyl (C=O) groups is 2. The van der Waals surface area contributed by atoms with Gasteiger partial charge in [-0.2, -0.15) is 0 Å². The zero-order chi connectivity index (χ0) is 25.7. The van der Waals surface area contributed by atoms with Crippen molar-refractivity contribution in [3.05, 3.63) is 83.9 Å². The van der Waals surface area contributed by atoms with Crippen molar-refractivity contribution in [3.8, 4) is 17.2 Å². The number of hydrogen-bond acceptors (Lipinski definition) is 7. The minimum Gasteiger partial charge on any atom is -0.505 e. The van der Waals surface area contributed by atoms with Gasteiger partial charge in [0.1, 0.15) is 22.9 Å². The largest absolute Gasteiger partial charge is 0.505 e. The van der Waals surface area contributed by atoms with E-state index in [4.69, 9.17) is 15.2 Å². The predicted octanol–water partition coefficient (Wildman–Crippen LogP) is 5.72. The first kappa shape index (κ1) is 24.2. The number of carbonyl (C=O) groups excluding carboxylic acids is 2. The minimum absolute atomic E-state index is 0.00630. The zero-order valence-electron chi connectivity index (χ0n) is 19.7. The highest BCUT2D eigenvalue weighted by Crippen LogP contribution is 2.41. The van der Waals surface area contributed by atoms with Gasteiger partial charge < -0.3 is 25.6 Å². The Labute approximate surface area is 207 Å². The second-order valence-corrected chi connectivity index (χ2v) is 7.68. The number of ether oxygens (including phenoxy) is 2. The van der Waals surface area contributed by atoms with Crippen molar-refractivity contribution in [2.45, 2.75) is 6.92 Å². The van der Waals surface area contributed by atoms with Crippen molar-refractivity contribution < 1.29 is 24.2 Å². The fraction of sp³-hybridized carbons (Fsp3) is 0.111. The smallest absolute Gasteiger partial charge is 0.259 e. The highest BCUT2D eigenvalue weighted by Gasteiger charge is 2.20. The van der Waals surface area contributed by atoms with E-state index in [9.17, 15) is 14.7 Å². The molecule has 0 spiro atoms. The number of rotatable bonds is 8. The van der Waals surface area contributed by atoms with Gasteiger partial charge in [0, 0.05) is 10.9 Å². The SMILES string of the molecule is CCOc1ccccc1NC(=O)c1cc2ccccc2c(N=Nc2cc(C(N)=O)ccc2OC)c1O. The number of nitrogens with two attached hydrogens (primary N) is 1. The van der Waals surface area contributed by atoms with Gasteiger partial charge >= 0.3 is 0 Å². The molecule has 0 radical (unpaired) electrons. The van der Waals surface area contributed by atoms with Crippen molar-refractivity contribution >= 4 is 39.6 Å². The predicted molar refractivity (Wildman–Crippen MR) is 137 cm³/mol. The summed E-state index contributed by atoms with van der Waals surface area (Å²) in [5.41, 5.74) is 6.39. The Morgan fingerprint density at radius 3 is 2.47 bits per heavy atom. The Morgan fingerprint density at radius 2 is 1.72 bits per heavy atom. The van der Waals surface area contributed by atoms with E-state index in [2.05, 4.69) is 15.5 Å². The van der Waals surface area contributed by atoms with Gasteiger partial charge in [0.15, 0.2) is 5.75 Å². The Balaban J connectivity index is 1.79. The molecule has 0 saturated carbocycles. The number of fused-ring (bicyclic) bond motifs is 1. The first-order valence-electron chi connectivity index (χ1n) is 11.1. The number of azo groups is 1. The molecular formula is C27H24N4O5. The third-order valence-corrected chi connectivity index (χ3v) is 5.40. The summed E-state index contributed by atoms with van der Waals surface area (Å²) in [5.74, 6) is -0.665. The molecule has 0 heterocycles. The summed E-state index contributed by atoms with van der Waals surface area (Å²) in [6.45, 7) is 2.28. The van der Waals surface area contributed by atoms with Crippen LogP contribution in [0.3, 0.4) is 0 Å². The molecule has 36 heavy (non-hydrogen) atoms. The van der Waals surface area contributed by atoms with Gasteiger partial charge in [-0.25, -0.2) is 0 Å². The molecule has 0 aliphatic heterocycles. The van der Waals surface area contributed by atoms with Crippen LogP contribution >= 0.6 is 0 Å². The molecule has 182 valence electrons. The molecule has 2 amide bonds. The van der Waals surface area contributed by atoms with Gasteiger partial charge in [0.25, 0.3) is 5.91 Å². The van der Waals surface area contributed by atoms with Crippen LogP contribution in [0.2, 0.25) is 0 Å². The highest BCUT2D eigenvalue weighted by atomic mass is 16.5. The monoisotopic (exact) mass is 484 g/mol. The minimum atomic E-state index is -0.631. The number of amides is 2. The lowest BCUT2D eigenvalue weighted by Crippen LogP contribution is -2.13. The van der Waals surface area contributed by atoms with Gasteiger partial charge in [-0.05, 0) is 48.7 Å². The fourth-order valence-electron chi connectivity index (χ4n) is 3.66. The Bertz CT molecular complexity index is 1480. The first-order chi connectivity index (χ1) is 17.4. The molecule has 4 aromatic carbocycles.